The lowest BCUT2D eigenvalue weighted by molar-refractivity contribution is 0.457. The Morgan fingerprint density at radius 1 is 1.29 bits per heavy atom. The Morgan fingerprint density at radius 3 is 2.47 bits per heavy atom. The minimum atomic E-state index is 0.320. The van der Waals surface area contributed by atoms with E-state index in [9.17, 15) is 0 Å². The second-order valence-corrected chi connectivity index (χ2v) is 6.69. The van der Waals surface area contributed by atoms with Crippen molar-refractivity contribution in [2.75, 3.05) is 0 Å². The number of aromatic nitrogens is 1. The molecule has 2 aliphatic rings. The van der Waals surface area contributed by atoms with Gasteiger partial charge in [0.25, 0.3) is 0 Å². The zero-order valence-corrected chi connectivity index (χ0v) is 11.2. The molecule has 0 aliphatic heterocycles. The lowest BCUT2D eigenvalue weighted by atomic mass is 10.0. The molecule has 0 atom stereocenters. The van der Waals surface area contributed by atoms with E-state index < -0.39 is 0 Å². The number of hydrogen-bond acceptors (Lipinski definition) is 3. The quantitative estimate of drug-likeness (QED) is 0.870. The molecule has 2 saturated carbocycles. The predicted octanol–water partition coefficient (Wildman–Crippen LogP) is 3.08. The van der Waals surface area contributed by atoms with Gasteiger partial charge in [-0.3, -0.25) is 0 Å². The summed E-state index contributed by atoms with van der Waals surface area (Å²) in [4.78, 5) is 4.38. The summed E-state index contributed by atoms with van der Waals surface area (Å²) >= 11 is 0. The minimum absolute atomic E-state index is 0.320. The van der Waals surface area contributed by atoms with Crippen molar-refractivity contribution in [3.05, 3.63) is 17.8 Å². The third-order valence-electron chi connectivity index (χ3n) is 5.09. The highest BCUT2D eigenvalue weighted by molar-refractivity contribution is 5.31. The molecule has 0 saturated heterocycles. The molecule has 0 bridgehead atoms. The second kappa shape index (κ2) is 3.35. The van der Waals surface area contributed by atoms with Crippen LogP contribution in [0.5, 0.6) is 0 Å². The van der Waals surface area contributed by atoms with Crippen molar-refractivity contribution < 1.29 is 4.42 Å². The van der Waals surface area contributed by atoms with Gasteiger partial charge in [0.05, 0.1) is 5.69 Å². The van der Waals surface area contributed by atoms with E-state index in [1.807, 2.05) is 0 Å². The molecule has 1 heterocycles. The van der Waals surface area contributed by atoms with Gasteiger partial charge in [-0.05, 0) is 23.7 Å². The third-order valence-corrected chi connectivity index (χ3v) is 5.09. The summed E-state index contributed by atoms with van der Waals surface area (Å²) in [5.41, 5.74) is 1.75. The van der Waals surface area contributed by atoms with E-state index in [4.69, 9.17) is 4.42 Å². The maximum atomic E-state index is 5.66. The molecule has 3 heteroatoms. The molecule has 0 unspecified atom stereocenters. The first kappa shape index (κ1) is 11.3. The monoisotopic (exact) mass is 234 g/mol. The van der Waals surface area contributed by atoms with E-state index in [0.717, 1.165) is 24.0 Å². The van der Waals surface area contributed by atoms with E-state index in [1.54, 1.807) is 6.39 Å². The third kappa shape index (κ3) is 1.63. The highest BCUT2D eigenvalue weighted by Crippen LogP contribution is 2.73. The van der Waals surface area contributed by atoms with Gasteiger partial charge in [0.15, 0.2) is 6.39 Å². The summed E-state index contributed by atoms with van der Waals surface area (Å²) < 4.78 is 5.66. The van der Waals surface area contributed by atoms with Crippen LogP contribution in [0.3, 0.4) is 0 Å². The van der Waals surface area contributed by atoms with Crippen molar-refractivity contribution in [1.29, 1.82) is 0 Å². The van der Waals surface area contributed by atoms with Crippen molar-refractivity contribution in [2.45, 2.75) is 59.0 Å². The van der Waals surface area contributed by atoms with Crippen LogP contribution in [-0.4, -0.2) is 11.0 Å². The van der Waals surface area contributed by atoms with Gasteiger partial charge >= 0.3 is 0 Å². The molecule has 0 radical (unpaired) electrons. The van der Waals surface area contributed by atoms with Gasteiger partial charge in [0.1, 0.15) is 5.76 Å². The van der Waals surface area contributed by atoms with E-state index >= 15 is 0 Å². The normalized spacial score (nSPS) is 26.1. The molecule has 2 aliphatic carbocycles. The Labute approximate surface area is 103 Å². The highest BCUT2D eigenvalue weighted by atomic mass is 16.3. The van der Waals surface area contributed by atoms with Crippen LogP contribution in [-0.2, 0) is 6.54 Å². The number of hydrogen-bond donors (Lipinski definition) is 1. The first-order valence-electron chi connectivity index (χ1n) is 6.60. The van der Waals surface area contributed by atoms with Crippen molar-refractivity contribution in [2.24, 2.45) is 10.8 Å². The van der Waals surface area contributed by atoms with Gasteiger partial charge in [-0.2, -0.15) is 0 Å². The van der Waals surface area contributed by atoms with Crippen LogP contribution >= 0.6 is 0 Å². The SMILES string of the molecule is CC1(C)C(c2ocnc2CNC2CC2)C1(C)C. The van der Waals surface area contributed by atoms with E-state index in [2.05, 4.69) is 38.0 Å². The molecule has 1 aromatic heterocycles. The molecule has 0 spiro atoms. The lowest BCUT2D eigenvalue weighted by Crippen LogP contribution is -2.16. The summed E-state index contributed by atoms with van der Waals surface area (Å²) in [5.74, 6) is 1.61. The molecule has 94 valence electrons. The molecule has 1 aromatic rings. The fraction of sp³-hybridized carbons (Fsp3) is 0.786. The van der Waals surface area contributed by atoms with Crippen molar-refractivity contribution in [1.82, 2.24) is 10.3 Å². The minimum Gasteiger partial charge on any atom is -0.448 e. The first-order valence-corrected chi connectivity index (χ1v) is 6.60. The van der Waals surface area contributed by atoms with Crippen LogP contribution in [0.2, 0.25) is 0 Å². The van der Waals surface area contributed by atoms with Gasteiger partial charge in [-0.25, -0.2) is 4.98 Å². The standard InChI is InChI=1S/C14H22N2O/c1-13(2)12(14(13,3)4)11-10(16-8-17-11)7-15-9-5-6-9/h8-9,12,15H,5-7H2,1-4H3. The topological polar surface area (TPSA) is 38.1 Å². The second-order valence-electron chi connectivity index (χ2n) is 6.69. The molecule has 3 nitrogen and oxygen atoms in total. The predicted molar refractivity (Wildman–Crippen MR) is 66.7 cm³/mol. The van der Waals surface area contributed by atoms with E-state index in [1.165, 1.54) is 12.8 Å². The van der Waals surface area contributed by atoms with E-state index in [0.29, 0.717) is 16.7 Å². The fourth-order valence-electron chi connectivity index (χ4n) is 3.03. The molecular weight excluding hydrogens is 212 g/mol. The number of rotatable bonds is 4. The van der Waals surface area contributed by atoms with Crippen LogP contribution < -0.4 is 5.32 Å². The maximum absolute atomic E-state index is 5.66. The first-order chi connectivity index (χ1) is 7.94. The zero-order chi connectivity index (χ0) is 12.3. The van der Waals surface area contributed by atoms with Gasteiger partial charge in [-0.15, -0.1) is 0 Å². The summed E-state index contributed by atoms with van der Waals surface area (Å²) in [6.45, 7) is 10.1. The fourth-order valence-corrected chi connectivity index (χ4v) is 3.03. The number of nitrogens with one attached hydrogen (secondary N) is 1. The Hall–Kier alpha value is -0.830. The molecular formula is C14H22N2O. The Kier molecular flexibility index (Phi) is 2.22. The molecule has 3 rings (SSSR count). The molecule has 1 N–H and O–H groups in total. The highest BCUT2D eigenvalue weighted by Gasteiger charge is 2.67. The van der Waals surface area contributed by atoms with Crippen molar-refractivity contribution >= 4 is 0 Å². The molecule has 0 aromatic carbocycles. The lowest BCUT2D eigenvalue weighted by Gasteiger charge is -2.03. The van der Waals surface area contributed by atoms with Crippen LogP contribution in [0.1, 0.15) is 57.9 Å². The average Bonchev–Trinajstić information content (AvgIpc) is 3.05. The summed E-state index contributed by atoms with van der Waals surface area (Å²) in [7, 11) is 0. The van der Waals surface area contributed by atoms with Gasteiger partial charge < -0.3 is 9.73 Å². The van der Waals surface area contributed by atoms with Crippen LogP contribution in [0, 0.1) is 10.8 Å². The van der Waals surface area contributed by atoms with Crippen LogP contribution in [0.25, 0.3) is 0 Å². The largest absolute Gasteiger partial charge is 0.448 e. The Balaban J connectivity index is 1.77. The summed E-state index contributed by atoms with van der Waals surface area (Å²) in [5, 5.41) is 3.51. The average molecular weight is 234 g/mol. The van der Waals surface area contributed by atoms with Crippen molar-refractivity contribution in [3.63, 3.8) is 0 Å². The van der Waals surface area contributed by atoms with Gasteiger partial charge in [0.2, 0.25) is 0 Å². The smallest absolute Gasteiger partial charge is 0.181 e. The van der Waals surface area contributed by atoms with E-state index in [-0.39, 0.29) is 0 Å². The molecule has 0 amide bonds. The molecule has 17 heavy (non-hydrogen) atoms. The maximum Gasteiger partial charge on any atom is 0.181 e. The number of nitrogens with zero attached hydrogens (tertiary/aromatic N) is 1. The molecule has 2 fully saturated rings. The zero-order valence-electron chi connectivity index (χ0n) is 11.2. The Bertz CT molecular complexity index is 415. The Morgan fingerprint density at radius 2 is 1.94 bits per heavy atom. The van der Waals surface area contributed by atoms with Crippen molar-refractivity contribution in [3.8, 4) is 0 Å². The summed E-state index contributed by atoms with van der Waals surface area (Å²) in [6.07, 6.45) is 4.23. The van der Waals surface area contributed by atoms with Crippen LogP contribution in [0.15, 0.2) is 10.8 Å². The van der Waals surface area contributed by atoms with Crippen LogP contribution in [0.4, 0.5) is 0 Å². The summed E-state index contributed by atoms with van der Waals surface area (Å²) in [6, 6.07) is 0.722. The van der Waals surface area contributed by atoms with Gasteiger partial charge in [0, 0.05) is 18.5 Å². The van der Waals surface area contributed by atoms with Gasteiger partial charge in [-0.1, -0.05) is 27.7 Å². The number of oxazole rings is 1.